The maximum absolute atomic E-state index is 12.7. The Morgan fingerprint density at radius 3 is 2.76 bits per heavy atom. The van der Waals surface area contributed by atoms with Crippen LogP contribution in [-0.2, 0) is 4.79 Å². The van der Waals surface area contributed by atoms with Crippen LogP contribution in [0.1, 0.15) is 29.3 Å². The number of amides is 1. The van der Waals surface area contributed by atoms with Crippen LogP contribution < -0.4 is 0 Å². The first kappa shape index (κ1) is 17.4. The van der Waals surface area contributed by atoms with Crippen molar-refractivity contribution in [3.05, 3.63) is 59.5 Å². The highest BCUT2D eigenvalue weighted by atomic mass is 16.3. The van der Waals surface area contributed by atoms with E-state index in [2.05, 4.69) is 5.10 Å². The summed E-state index contributed by atoms with van der Waals surface area (Å²) in [6.07, 6.45) is 2.23. The summed E-state index contributed by atoms with van der Waals surface area (Å²) in [5, 5.41) is 15.1. The smallest absolute Gasteiger partial charge is 0.257 e. The molecule has 3 rings (SSSR count). The number of likely N-dealkylation sites (N-methyl/N-ethyl adjacent to an activating group) is 1. The van der Waals surface area contributed by atoms with Gasteiger partial charge in [0.25, 0.3) is 5.91 Å². The normalized spacial score (nSPS) is 17.2. The minimum atomic E-state index is -0.235. The zero-order chi connectivity index (χ0) is 17.8. The highest BCUT2D eigenvalue weighted by molar-refractivity contribution is 6.03. The molecule has 0 bridgehead atoms. The first-order chi connectivity index (χ1) is 12.1. The first-order valence-electron chi connectivity index (χ1n) is 8.38. The lowest BCUT2D eigenvalue weighted by Crippen LogP contribution is -2.37. The van der Waals surface area contributed by atoms with Gasteiger partial charge in [0.1, 0.15) is 11.8 Å². The number of rotatable bonds is 6. The van der Waals surface area contributed by atoms with Crippen LogP contribution in [0.5, 0.6) is 0 Å². The van der Waals surface area contributed by atoms with Crippen LogP contribution in [0, 0.1) is 6.92 Å². The lowest BCUT2D eigenvalue weighted by atomic mass is 10.0. The van der Waals surface area contributed by atoms with Gasteiger partial charge in [0.15, 0.2) is 0 Å². The quantitative estimate of drug-likeness (QED) is 0.874. The summed E-state index contributed by atoms with van der Waals surface area (Å²) < 4.78 is 5.53. The molecule has 1 amide bonds. The van der Waals surface area contributed by atoms with Gasteiger partial charge >= 0.3 is 0 Å². The monoisotopic (exact) mass is 341 g/mol. The average Bonchev–Trinajstić information content (AvgIpc) is 3.25. The molecule has 1 N–H and O–H groups in total. The van der Waals surface area contributed by atoms with E-state index in [1.165, 1.54) is 10.6 Å². The molecule has 1 aromatic carbocycles. The Kier molecular flexibility index (Phi) is 5.31. The summed E-state index contributed by atoms with van der Waals surface area (Å²) >= 11 is 0. The lowest BCUT2D eigenvalue weighted by Gasteiger charge is -2.22. The second-order valence-electron chi connectivity index (χ2n) is 6.35. The second-order valence-corrected chi connectivity index (χ2v) is 6.35. The molecule has 1 aliphatic heterocycles. The van der Waals surface area contributed by atoms with Crippen LogP contribution >= 0.6 is 0 Å². The Balaban J connectivity index is 1.84. The number of aryl methyl sites for hydroxylation is 1. The van der Waals surface area contributed by atoms with Crippen molar-refractivity contribution in [1.82, 2.24) is 9.91 Å². The number of benzene rings is 1. The molecule has 1 atom stereocenters. The van der Waals surface area contributed by atoms with E-state index in [4.69, 9.17) is 9.52 Å². The molecule has 25 heavy (non-hydrogen) atoms. The van der Waals surface area contributed by atoms with Gasteiger partial charge in [0.2, 0.25) is 0 Å². The first-order valence-corrected chi connectivity index (χ1v) is 8.38. The van der Waals surface area contributed by atoms with E-state index in [0.29, 0.717) is 13.0 Å². The summed E-state index contributed by atoms with van der Waals surface area (Å²) in [5.41, 5.74) is 3.07. The van der Waals surface area contributed by atoms with Crippen molar-refractivity contribution >= 4 is 11.6 Å². The highest BCUT2D eigenvalue weighted by Gasteiger charge is 2.34. The number of hydrogen-bond donors (Lipinski definition) is 1. The molecular formula is C19H23N3O3. The molecule has 2 aromatic rings. The van der Waals surface area contributed by atoms with Crippen LogP contribution in [0.3, 0.4) is 0 Å². The molecule has 1 unspecified atom stereocenters. The minimum Gasteiger partial charge on any atom is -0.467 e. The fourth-order valence-electron chi connectivity index (χ4n) is 2.92. The zero-order valence-electron chi connectivity index (χ0n) is 14.6. The van der Waals surface area contributed by atoms with E-state index in [9.17, 15) is 4.79 Å². The van der Waals surface area contributed by atoms with E-state index in [1.54, 1.807) is 18.2 Å². The van der Waals surface area contributed by atoms with Crippen molar-refractivity contribution in [3.8, 4) is 0 Å². The van der Waals surface area contributed by atoms with E-state index in [0.717, 1.165) is 17.0 Å². The van der Waals surface area contributed by atoms with Crippen LogP contribution in [-0.4, -0.2) is 53.4 Å². The van der Waals surface area contributed by atoms with Gasteiger partial charge in [-0.15, -0.1) is 0 Å². The van der Waals surface area contributed by atoms with E-state index < -0.39 is 0 Å². The topological polar surface area (TPSA) is 69.3 Å². The summed E-state index contributed by atoms with van der Waals surface area (Å²) in [6, 6.07) is 11.6. The Hall–Kier alpha value is -2.44. The molecule has 0 radical (unpaired) electrons. The zero-order valence-corrected chi connectivity index (χ0v) is 14.6. The number of carbonyl (C=O) groups is 1. The van der Waals surface area contributed by atoms with E-state index in [-0.39, 0.29) is 25.1 Å². The van der Waals surface area contributed by atoms with Crippen molar-refractivity contribution in [2.45, 2.75) is 19.4 Å². The van der Waals surface area contributed by atoms with Gasteiger partial charge in [-0.05, 0) is 31.7 Å². The molecule has 6 nitrogen and oxygen atoms in total. The lowest BCUT2D eigenvalue weighted by molar-refractivity contribution is -0.134. The van der Waals surface area contributed by atoms with Crippen LogP contribution in [0.15, 0.2) is 52.2 Å². The number of hydrogen-bond acceptors (Lipinski definition) is 5. The van der Waals surface area contributed by atoms with Gasteiger partial charge in [0, 0.05) is 13.0 Å². The molecule has 0 fully saturated rings. The fourth-order valence-corrected chi connectivity index (χ4v) is 2.92. The largest absolute Gasteiger partial charge is 0.467 e. The molecule has 2 heterocycles. The molecule has 0 spiro atoms. The number of aliphatic hydroxyl groups is 1. The summed E-state index contributed by atoms with van der Waals surface area (Å²) in [5.74, 6) is 0.614. The second kappa shape index (κ2) is 7.63. The standard InChI is InChI=1S/C19H23N3O3/c1-14-5-7-15(8-6-14)16-12-17(18-4-3-11-25-18)22(20-16)19(24)13-21(2)9-10-23/h3-8,11,17,23H,9-10,12-13H2,1-2H3. The Bertz CT molecular complexity index is 738. The van der Waals surface area contributed by atoms with Crippen LogP contribution in [0.25, 0.3) is 0 Å². The number of nitrogens with zero attached hydrogens (tertiary/aromatic N) is 3. The van der Waals surface area contributed by atoms with Crippen LogP contribution in [0.4, 0.5) is 0 Å². The van der Waals surface area contributed by atoms with Gasteiger partial charge < -0.3 is 9.52 Å². The Morgan fingerprint density at radius 2 is 2.12 bits per heavy atom. The van der Waals surface area contributed by atoms with Crippen molar-refractivity contribution in [1.29, 1.82) is 0 Å². The number of furan rings is 1. The third-order valence-corrected chi connectivity index (χ3v) is 4.31. The van der Waals surface area contributed by atoms with Crippen LogP contribution in [0.2, 0.25) is 0 Å². The number of hydrazone groups is 1. The molecule has 6 heteroatoms. The Labute approximate surface area is 147 Å². The summed E-state index contributed by atoms with van der Waals surface area (Å²) in [4.78, 5) is 14.5. The van der Waals surface area contributed by atoms with E-state index >= 15 is 0 Å². The molecule has 0 saturated heterocycles. The molecule has 0 saturated carbocycles. The van der Waals surface area contributed by atoms with Gasteiger partial charge in [-0.2, -0.15) is 5.10 Å². The number of carbonyl (C=O) groups excluding carboxylic acids is 1. The predicted molar refractivity (Wildman–Crippen MR) is 95.2 cm³/mol. The van der Waals surface area contributed by atoms with Gasteiger partial charge in [-0.1, -0.05) is 29.8 Å². The van der Waals surface area contributed by atoms with Gasteiger partial charge in [0.05, 0.1) is 25.1 Å². The third kappa shape index (κ3) is 3.97. The summed E-state index contributed by atoms with van der Waals surface area (Å²) in [7, 11) is 1.80. The molecular weight excluding hydrogens is 318 g/mol. The fraction of sp³-hybridized carbons (Fsp3) is 0.368. The van der Waals surface area contributed by atoms with Crippen molar-refractivity contribution < 1.29 is 14.3 Å². The molecule has 0 aliphatic carbocycles. The van der Waals surface area contributed by atoms with E-state index in [1.807, 2.05) is 43.3 Å². The molecule has 132 valence electrons. The van der Waals surface area contributed by atoms with Gasteiger partial charge in [-0.25, -0.2) is 5.01 Å². The molecule has 1 aliphatic rings. The average molecular weight is 341 g/mol. The minimum absolute atomic E-state index is 0.0171. The predicted octanol–water partition coefficient (Wildman–Crippen LogP) is 2.19. The third-order valence-electron chi connectivity index (χ3n) is 4.31. The van der Waals surface area contributed by atoms with Crippen molar-refractivity contribution in [3.63, 3.8) is 0 Å². The molecule has 1 aromatic heterocycles. The van der Waals surface area contributed by atoms with Crippen molar-refractivity contribution in [2.24, 2.45) is 5.10 Å². The maximum atomic E-state index is 12.7. The highest BCUT2D eigenvalue weighted by Crippen LogP contribution is 2.33. The SMILES string of the molecule is Cc1ccc(C2=NN(C(=O)CN(C)CCO)C(c3ccco3)C2)cc1. The van der Waals surface area contributed by atoms with Crippen molar-refractivity contribution in [2.75, 3.05) is 26.7 Å². The maximum Gasteiger partial charge on any atom is 0.257 e. The number of aliphatic hydroxyl groups excluding tert-OH is 1. The Morgan fingerprint density at radius 1 is 1.36 bits per heavy atom. The van der Waals surface area contributed by atoms with Gasteiger partial charge in [-0.3, -0.25) is 9.69 Å². The summed E-state index contributed by atoms with van der Waals surface area (Å²) in [6.45, 7) is 2.70.